The van der Waals surface area contributed by atoms with Crippen molar-refractivity contribution >= 4 is 11.3 Å². The van der Waals surface area contributed by atoms with Crippen LogP contribution in [0.15, 0.2) is 29.9 Å². The lowest BCUT2D eigenvalue weighted by molar-refractivity contribution is -0.139. The van der Waals surface area contributed by atoms with Gasteiger partial charge in [0, 0.05) is 28.2 Å². The Morgan fingerprint density at radius 2 is 2.16 bits per heavy atom. The number of aliphatic hydroxyl groups excluding tert-OH is 1. The van der Waals surface area contributed by atoms with E-state index in [1.807, 2.05) is 0 Å². The molecule has 2 aromatic heterocycles. The zero-order chi connectivity index (χ0) is 14.0. The van der Waals surface area contributed by atoms with Gasteiger partial charge in [-0.3, -0.25) is 4.98 Å². The average Bonchev–Trinajstić information content (AvgIpc) is 2.85. The second-order valence-electron chi connectivity index (χ2n) is 3.75. The lowest BCUT2D eigenvalue weighted by Gasteiger charge is -2.15. The Kier molecular flexibility index (Phi) is 3.77. The van der Waals surface area contributed by atoms with E-state index < -0.39 is 17.8 Å². The van der Waals surface area contributed by atoms with Gasteiger partial charge in [0.1, 0.15) is 11.9 Å². The van der Waals surface area contributed by atoms with Crippen LogP contribution in [0.5, 0.6) is 5.75 Å². The third-order valence-corrected chi connectivity index (χ3v) is 3.52. The molecule has 1 unspecified atom stereocenters. The van der Waals surface area contributed by atoms with Crippen LogP contribution in [0.1, 0.15) is 22.1 Å². The summed E-state index contributed by atoms with van der Waals surface area (Å²) in [4.78, 5) is 4.02. The minimum absolute atomic E-state index is 0.264. The molecule has 1 N–H and O–H groups in total. The fourth-order valence-electron chi connectivity index (χ4n) is 1.62. The molecule has 0 aliphatic heterocycles. The molecule has 0 saturated heterocycles. The Hall–Kier alpha value is -1.60. The number of aromatic nitrogens is 1. The maximum absolute atomic E-state index is 12.8. The first-order valence-electron chi connectivity index (χ1n) is 5.25. The molecule has 0 radical (unpaired) electrons. The normalized spacial score (nSPS) is 13.3. The second-order valence-corrected chi connectivity index (χ2v) is 4.69. The lowest BCUT2D eigenvalue weighted by atomic mass is 10.0. The summed E-state index contributed by atoms with van der Waals surface area (Å²) in [7, 11) is 1.45. The van der Waals surface area contributed by atoms with Gasteiger partial charge in [0.25, 0.3) is 0 Å². The van der Waals surface area contributed by atoms with Gasteiger partial charge in [-0.15, -0.1) is 11.3 Å². The van der Waals surface area contributed by atoms with Crippen molar-refractivity contribution in [2.75, 3.05) is 7.11 Å². The van der Waals surface area contributed by atoms with E-state index in [2.05, 4.69) is 4.98 Å². The topological polar surface area (TPSA) is 42.4 Å². The van der Waals surface area contributed by atoms with Crippen LogP contribution in [0.25, 0.3) is 0 Å². The van der Waals surface area contributed by atoms with Crippen LogP contribution in [0.3, 0.4) is 0 Å². The molecule has 2 aromatic rings. The van der Waals surface area contributed by atoms with Crippen molar-refractivity contribution < 1.29 is 23.0 Å². The molecule has 3 nitrogen and oxygen atoms in total. The van der Waals surface area contributed by atoms with Gasteiger partial charge in [0.15, 0.2) is 0 Å². The molecule has 0 aliphatic rings. The summed E-state index contributed by atoms with van der Waals surface area (Å²) in [5.74, 6) is 0.497. The van der Waals surface area contributed by atoms with Crippen molar-refractivity contribution in [2.24, 2.45) is 0 Å². The number of hydrogen-bond acceptors (Lipinski definition) is 4. The highest BCUT2D eigenvalue weighted by Gasteiger charge is 2.35. The standard InChI is InChI=1S/C12H10F3NO2S/c1-18-7-4-10(19-6-7)11(17)8-5-16-3-2-9(8)12(13,14)15/h2-6,11,17H,1H3. The molecule has 0 aromatic carbocycles. The first-order chi connectivity index (χ1) is 8.93. The van der Waals surface area contributed by atoms with Gasteiger partial charge < -0.3 is 9.84 Å². The van der Waals surface area contributed by atoms with Crippen LogP contribution < -0.4 is 4.74 Å². The zero-order valence-corrected chi connectivity index (χ0v) is 10.6. The molecule has 0 saturated carbocycles. The van der Waals surface area contributed by atoms with Crippen LogP contribution in [0.2, 0.25) is 0 Å². The van der Waals surface area contributed by atoms with E-state index in [0.717, 1.165) is 29.8 Å². The predicted molar refractivity (Wildman–Crippen MR) is 64.2 cm³/mol. The fourth-order valence-corrected chi connectivity index (χ4v) is 2.48. The number of nitrogens with zero attached hydrogens (tertiary/aromatic N) is 1. The highest BCUT2D eigenvalue weighted by Crippen LogP contribution is 2.38. The van der Waals surface area contributed by atoms with Gasteiger partial charge in [0.05, 0.1) is 12.7 Å². The maximum Gasteiger partial charge on any atom is 0.416 e. The Bertz CT molecular complexity index is 568. The predicted octanol–water partition coefficient (Wildman–Crippen LogP) is 3.25. The number of pyridine rings is 1. The van der Waals surface area contributed by atoms with Crippen molar-refractivity contribution in [3.05, 3.63) is 45.9 Å². The summed E-state index contributed by atoms with van der Waals surface area (Å²) in [5.41, 5.74) is -1.15. The zero-order valence-electron chi connectivity index (χ0n) is 9.81. The van der Waals surface area contributed by atoms with Gasteiger partial charge in [-0.25, -0.2) is 0 Å². The van der Waals surface area contributed by atoms with E-state index in [1.54, 1.807) is 5.38 Å². The molecule has 0 fully saturated rings. The molecule has 7 heteroatoms. The minimum Gasteiger partial charge on any atom is -0.496 e. The van der Waals surface area contributed by atoms with Crippen LogP contribution in [0, 0.1) is 0 Å². The van der Waals surface area contributed by atoms with E-state index in [0.29, 0.717) is 10.6 Å². The summed E-state index contributed by atoms with van der Waals surface area (Å²) in [5, 5.41) is 11.7. The van der Waals surface area contributed by atoms with Crippen LogP contribution >= 0.6 is 11.3 Å². The number of alkyl halides is 3. The first kappa shape index (κ1) is 13.8. The fraction of sp³-hybridized carbons (Fsp3) is 0.250. The lowest BCUT2D eigenvalue weighted by Crippen LogP contribution is -2.12. The SMILES string of the molecule is COc1csc(C(O)c2cnccc2C(F)(F)F)c1. The largest absolute Gasteiger partial charge is 0.496 e. The summed E-state index contributed by atoms with van der Waals surface area (Å²) >= 11 is 1.13. The number of aliphatic hydroxyl groups is 1. The van der Waals surface area contributed by atoms with Gasteiger partial charge in [-0.1, -0.05) is 0 Å². The summed E-state index contributed by atoms with van der Waals surface area (Å²) in [6.45, 7) is 0. The molecule has 2 rings (SSSR count). The molecular weight excluding hydrogens is 279 g/mol. The van der Waals surface area contributed by atoms with Crippen molar-refractivity contribution in [3.8, 4) is 5.75 Å². The van der Waals surface area contributed by atoms with E-state index in [-0.39, 0.29) is 5.56 Å². The van der Waals surface area contributed by atoms with Gasteiger partial charge in [-0.05, 0) is 12.1 Å². The van der Waals surface area contributed by atoms with Crippen molar-refractivity contribution in [1.82, 2.24) is 4.98 Å². The summed E-state index contributed by atoms with van der Waals surface area (Å²) < 4.78 is 43.4. The summed E-state index contributed by atoms with van der Waals surface area (Å²) in [6, 6.07) is 2.35. The molecule has 102 valence electrons. The summed E-state index contributed by atoms with van der Waals surface area (Å²) in [6.07, 6.45) is -3.83. The Morgan fingerprint density at radius 3 is 2.74 bits per heavy atom. The molecule has 0 spiro atoms. The van der Waals surface area contributed by atoms with E-state index in [9.17, 15) is 18.3 Å². The van der Waals surface area contributed by atoms with Crippen LogP contribution in [-0.4, -0.2) is 17.2 Å². The van der Waals surface area contributed by atoms with Crippen molar-refractivity contribution in [1.29, 1.82) is 0 Å². The number of methoxy groups -OCH3 is 1. The Labute approximate surface area is 111 Å². The van der Waals surface area contributed by atoms with Crippen molar-refractivity contribution in [2.45, 2.75) is 12.3 Å². The maximum atomic E-state index is 12.8. The quantitative estimate of drug-likeness (QED) is 0.943. The monoisotopic (exact) mass is 289 g/mol. The molecule has 19 heavy (non-hydrogen) atoms. The highest BCUT2D eigenvalue weighted by molar-refractivity contribution is 7.10. The molecule has 0 bridgehead atoms. The van der Waals surface area contributed by atoms with Gasteiger partial charge >= 0.3 is 6.18 Å². The molecule has 0 amide bonds. The smallest absolute Gasteiger partial charge is 0.416 e. The number of halogens is 3. The molecule has 2 heterocycles. The molecule has 1 atom stereocenters. The number of ether oxygens (including phenoxy) is 1. The third-order valence-electron chi connectivity index (χ3n) is 2.55. The van der Waals surface area contributed by atoms with Gasteiger partial charge in [0.2, 0.25) is 0 Å². The Balaban J connectivity index is 2.41. The average molecular weight is 289 g/mol. The molecular formula is C12H10F3NO2S. The first-order valence-corrected chi connectivity index (χ1v) is 6.13. The third kappa shape index (κ3) is 2.87. The minimum atomic E-state index is -4.53. The van der Waals surface area contributed by atoms with Crippen LogP contribution in [0.4, 0.5) is 13.2 Å². The highest BCUT2D eigenvalue weighted by atomic mass is 32.1. The van der Waals surface area contributed by atoms with E-state index in [4.69, 9.17) is 4.74 Å². The van der Waals surface area contributed by atoms with Crippen LogP contribution in [-0.2, 0) is 6.18 Å². The number of rotatable bonds is 3. The Morgan fingerprint density at radius 1 is 1.42 bits per heavy atom. The van der Waals surface area contributed by atoms with E-state index >= 15 is 0 Å². The number of hydrogen-bond donors (Lipinski definition) is 1. The van der Waals surface area contributed by atoms with Crippen molar-refractivity contribution in [3.63, 3.8) is 0 Å². The van der Waals surface area contributed by atoms with Gasteiger partial charge in [-0.2, -0.15) is 13.2 Å². The second kappa shape index (κ2) is 5.18. The number of thiophene rings is 1. The molecule has 0 aliphatic carbocycles. The van der Waals surface area contributed by atoms with E-state index in [1.165, 1.54) is 13.2 Å².